The molecule has 2 heterocycles. The predicted molar refractivity (Wildman–Crippen MR) is 111 cm³/mol. The number of nitrogens with zero attached hydrogens (tertiary/aromatic N) is 2. The van der Waals surface area contributed by atoms with Gasteiger partial charge in [-0.15, -0.1) is 0 Å². The van der Waals surface area contributed by atoms with Crippen LogP contribution in [0, 0.1) is 22.7 Å². The van der Waals surface area contributed by atoms with Crippen molar-refractivity contribution in [2.24, 2.45) is 22.7 Å². The van der Waals surface area contributed by atoms with Crippen LogP contribution < -0.4 is 0 Å². The summed E-state index contributed by atoms with van der Waals surface area (Å²) in [5.41, 5.74) is -0.685. The van der Waals surface area contributed by atoms with E-state index in [1.165, 1.54) is 6.42 Å². The largest absolute Gasteiger partial charge is 0.390 e. The molecule has 6 aliphatic rings. The van der Waals surface area contributed by atoms with E-state index in [0.29, 0.717) is 30.1 Å². The van der Waals surface area contributed by atoms with Gasteiger partial charge in [0.05, 0.1) is 11.0 Å². The van der Waals surface area contributed by atoms with Gasteiger partial charge in [-0.25, -0.2) is 0 Å². The molecule has 4 saturated carbocycles. The summed E-state index contributed by atoms with van der Waals surface area (Å²) < 4.78 is 0. The van der Waals surface area contributed by atoms with E-state index >= 15 is 0 Å². The molecule has 0 aromatic carbocycles. The number of amides is 2. The van der Waals surface area contributed by atoms with Gasteiger partial charge in [0, 0.05) is 32.6 Å². The summed E-state index contributed by atoms with van der Waals surface area (Å²) >= 11 is 0. The SMILES string of the molecule is CCC12CC3CC(O)(C1)CC(C(=O)N1CCC(CCN4CCCC4=O)CC1)(C3)C2. The van der Waals surface area contributed by atoms with Crippen molar-refractivity contribution in [3.63, 3.8) is 0 Å². The van der Waals surface area contributed by atoms with E-state index in [1.807, 2.05) is 4.90 Å². The lowest BCUT2D eigenvalue weighted by atomic mass is 9.42. The fraction of sp³-hybridized carbons (Fsp3) is 0.917. The van der Waals surface area contributed by atoms with Crippen molar-refractivity contribution in [2.75, 3.05) is 26.2 Å². The minimum absolute atomic E-state index is 0.199. The summed E-state index contributed by atoms with van der Waals surface area (Å²) in [6, 6.07) is 0. The molecule has 0 radical (unpaired) electrons. The van der Waals surface area contributed by atoms with Gasteiger partial charge < -0.3 is 14.9 Å². The maximum Gasteiger partial charge on any atom is 0.228 e. The highest BCUT2D eigenvalue weighted by Crippen LogP contribution is 2.68. The molecule has 0 aromatic rings. The number of hydrogen-bond acceptors (Lipinski definition) is 3. The molecular formula is C24H38N2O3. The molecule has 4 aliphatic carbocycles. The lowest BCUT2D eigenvalue weighted by Gasteiger charge is -2.65. The minimum Gasteiger partial charge on any atom is -0.390 e. The molecular weight excluding hydrogens is 364 g/mol. The number of carbonyl (C=O) groups is 2. The fourth-order valence-electron chi connectivity index (χ4n) is 8.26. The lowest BCUT2D eigenvalue weighted by Crippen LogP contribution is -2.64. The Kier molecular flexibility index (Phi) is 4.76. The van der Waals surface area contributed by atoms with E-state index in [9.17, 15) is 14.7 Å². The summed E-state index contributed by atoms with van der Waals surface area (Å²) in [5, 5.41) is 11.2. The minimum atomic E-state index is -0.592. The third-order valence-corrected chi connectivity index (χ3v) is 9.24. The number of hydrogen-bond donors (Lipinski definition) is 1. The molecule has 6 fully saturated rings. The Morgan fingerprint density at radius 3 is 2.55 bits per heavy atom. The van der Waals surface area contributed by atoms with Crippen LogP contribution in [0.5, 0.6) is 0 Å². The van der Waals surface area contributed by atoms with E-state index in [0.717, 1.165) is 90.4 Å². The van der Waals surface area contributed by atoms with Crippen LogP contribution in [0.2, 0.25) is 0 Å². The average molecular weight is 403 g/mol. The molecule has 5 nitrogen and oxygen atoms in total. The van der Waals surface area contributed by atoms with Gasteiger partial charge in [0.2, 0.25) is 11.8 Å². The molecule has 29 heavy (non-hydrogen) atoms. The Morgan fingerprint density at radius 2 is 1.90 bits per heavy atom. The standard InChI is InChI=1S/C24H38N2O3/c1-2-22-12-19-13-23(15-22,17-24(29,14-19)16-22)21(28)26-10-6-18(7-11-26)5-9-25-8-3-4-20(25)27/h18-19,29H,2-17H2,1H3. The highest BCUT2D eigenvalue weighted by Gasteiger charge is 2.65. The smallest absolute Gasteiger partial charge is 0.228 e. The van der Waals surface area contributed by atoms with Crippen LogP contribution in [0.25, 0.3) is 0 Å². The Labute approximate surface area is 175 Å². The highest BCUT2D eigenvalue weighted by molar-refractivity contribution is 5.83. The first kappa shape index (κ1) is 19.8. The second kappa shape index (κ2) is 6.96. The number of carbonyl (C=O) groups excluding carboxylic acids is 2. The molecule has 0 spiro atoms. The molecule has 2 saturated heterocycles. The van der Waals surface area contributed by atoms with E-state index in [4.69, 9.17) is 0 Å². The predicted octanol–water partition coefficient (Wildman–Crippen LogP) is 3.35. The molecule has 2 aliphatic heterocycles. The van der Waals surface area contributed by atoms with Crippen LogP contribution >= 0.6 is 0 Å². The zero-order chi connectivity index (χ0) is 20.3. The summed E-state index contributed by atoms with van der Waals surface area (Å²) in [6.07, 6.45) is 11.8. The first-order valence-electron chi connectivity index (χ1n) is 12.1. The van der Waals surface area contributed by atoms with Gasteiger partial charge >= 0.3 is 0 Å². The van der Waals surface area contributed by atoms with Crippen molar-refractivity contribution < 1.29 is 14.7 Å². The molecule has 6 rings (SSSR count). The molecule has 4 atom stereocenters. The second-order valence-corrected chi connectivity index (χ2v) is 11.4. The number of rotatable bonds is 5. The lowest BCUT2D eigenvalue weighted by molar-refractivity contribution is -0.210. The van der Waals surface area contributed by atoms with E-state index < -0.39 is 5.60 Å². The van der Waals surface area contributed by atoms with Crippen LogP contribution in [0.15, 0.2) is 0 Å². The van der Waals surface area contributed by atoms with Gasteiger partial charge in [0.15, 0.2) is 0 Å². The van der Waals surface area contributed by atoms with Crippen LogP contribution in [0.1, 0.15) is 84.0 Å². The molecule has 5 heteroatoms. The topological polar surface area (TPSA) is 60.9 Å². The number of piperidine rings is 1. The fourth-order valence-corrected chi connectivity index (χ4v) is 8.26. The first-order chi connectivity index (χ1) is 13.8. The quantitative estimate of drug-likeness (QED) is 0.767. The normalized spacial score (nSPS) is 42.1. The second-order valence-electron chi connectivity index (χ2n) is 11.4. The average Bonchev–Trinajstić information content (AvgIpc) is 3.09. The third-order valence-electron chi connectivity index (χ3n) is 9.24. The monoisotopic (exact) mass is 402 g/mol. The summed E-state index contributed by atoms with van der Waals surface area (Å²) in [5.74, 6) is 1.85. The van der Waals surface area contributed by atoms with Crippen molar-refractivity contribution in [3.8, 4) is 0 Å². The van der Waals surface area contributed by atoms with Gasteiger partial charge in [-0.2, -0.15) is 0 Å². The van der Waals surface area contributed by atoms with Crippen LogP contribution in [-0.4, -0.2) is 58.5 Å². The Hall–Kier alpha value is -1.10. The molecule has 2 amide bonds. The van der Waals surface area contributed by atoms with Crippen molar-refractivity contribution in [2.45, 2.75) is 89.6 Å². The van der Waals surface area contributed by atoms with Crippen molar-refractivity contribution in [1.29, 1.82) is 0 Å². The zero-order valence-corrected chi connectivity index (χ0v) is 18.1. The molecule has 1 N–H and O–H groups in total. The van der Waals surface area contributed by atoms with Crippen LogP contribution in [0.3, 0.4) is 0 Å². The molecule has 0 aromatic heterocycles. The van der Waals surface area contributed by atoms with Gasteiger partial charge in [-0.3, -0.25) is 9.59 Å². The van der Waals surface area contributed by atoms with E-state index in [2.05, 4.69) is 11.8 Å². The highest BCUT2D eigenvalue weighted by atomic mass is 16.3. The van der Waals surface area contributed by atoms with Gasteiger partial charge in [0.1, 0.15) is 0 Å². The van der Waals surface area contributed by atoms with Crippen molar-refractivity contribution >= 4 is 11.8 Å². The summed E-state index contributed by atoms with van der Waals surface area (Å²) in [7, 11) is 0. The molecule has 162 valence electrons. The number of aliphatic hydroxyl groups is 1. The maximum absolute atomic E-state index is 13.7. The molecule has 4 unspecified atom stereocenters. The Balaban J connectivity index is 1.20. The van der Waals surface area contributed by atoms with Gasteiger partial charge in [0.25, 0.3) is 0 Å². The van der Waals surface area contributed by atoms with Crippen LogP contribution in [0.4, 0.5) is 0 Å². The van der Waals surface area contributed by atoms with Gasteiger partial charge in [-0.05, 0) is 81.5 Å². The first-order valence-corrected chi connectivity index (χ1v) is 12.1. The summed E-state index contributed by atoms with van der Waals surface area (Å²) in [6.45, 7) is 5.81. The Morgan fingerprint density at radius 1 is 1.10 bits per heavy atom. The Bertz CT molecular complexity index is 688. The van der Waals surface area contributed by atoms with Crippen LogP contribution in [-0.2, 0) is 9.59 Å². The van der Waals surface area contributed by atoms with Crippen molar-refractivity contribution in [3.05, 3.63) is 0 Å². The molecule has 4 bridgehead atoms. The maximum atomic E-state index is 13.7. The van der Waals surface area contributed by atoms with Gasteiger partial charge in [-0.1, -0.05) is 13.3 Å². The van der Waals surface area contributed by atoms with E-state index in [1.54, 1.807) is 0 Å². The summed E-state index contributed by atoms with van der Waals surface area (Å²) in [4.78, 5) is 29.7. The van der Waals surface area contributed by atoms with Crippen molar-refractivity contribution in [1.82, 2.24) is 9.80 Å². The third kappa shape index (κ3) is 3.41. The number of likely N-dealkylation sites (tertiary alicyclic amines) is 2. The zero-order valence-electron chi connectivity index (χ0n) is 18.1. The van der Waals surface area contributed by atoms with E-state index in [-0.39, 0.29) is 10.8 Å².